The highest BCUT2D eigenvalue weighted by Crippen LogP contribution is 2.18. The highest BCUT2D eigenvalue weighted by molar-refractivity contribution is 5.94. The van der Waals surface area contributed by atoms with E-state index >= 15 is 0 Å². The highest BCUT2D eigenvalue weighted by Gasteiger charge is 2.15. The molecule has 0 aromatic heterocycles. The largest absolute Gasteiger partial charge is 0.481 e. The van der Waals surface area contributed by atoms with Crippen molar-refractivity contribution >= 4 is 11.6 Å². The SMILES string of the molecule is CCc1ccc(NC(=O)[C@@H](C)Oc2ccccc2C)cc1. The zero-order valence-corrected chi connectivity index (χ0v) is 12.7. The van der Waals surface area contributed by atoms with E-state index in [2.05, 4.69) is 12.2 Å². The van der Waals surface area contributed by atoms with Gasteiger partial charge in [-0.2, -0.15) is 0 Å². The van der Waals surface area contributed by atoms with E-state index in [1.807, 2.05) is 55.5 Å². The first-order valence-corrected chi connectivity index (χ1v) is 7.22. The molecule has 0 aliphatic rings. The average molecular weight is 283 g/mol. The summed E-state index contributed by atoms with van der Waals surface area (Å²) in [6, 6.07) is 15.5. The van der Waals surface area contributed by atoms with Crippen LogP contribution in [0.4, 0.5) is 5.69 Å². The minimum atomic E-state index is -0.544. The molecule has 0 spiro atoms. The van der Waals surface area contributed by atoms with Crippen LogP contribution in [0.15, 0.2) is 48.5 Å². The molecule has 0 saturated heterocycles. The molecular formula is C18H21NO2. The quantitative estimate of drug-likeness (QED) is 0.902. The van der Waals surface area contributed by atoms with E-state index in [9.17, 15) is 4.79 Å². The number of nitrogens with one attached hydrogen (secondary N) is 1. The molecule has 0 saturated carbocycles. The van der Waals surface area contributed by atoms with Crippen LogP contribution in [0.1, 0.15) is 25.0 Å². The fourth-order valence-corrected chi connectivity index (χ4v) is 2.00. The van der Waals surface area contributed by atoms with Gasteiger partial charge in [-0.25, -0.2) is 0 Å². The monoisotopic (exact) mass is 283 g/mol. The third-order valence-electron chi connectivity index (χ3n) is 3.40. The Bertz CT molecular complexity index is 605. The molecule has 2 rings (SSSR count). The van der Waals surface area contributed by atoms with Crippen LogP contribution in [0, 0.1) is 6.92 Å². The maximum absolute atomic E-state index is 12.1. The number of rotatable bonds is 5. The fraction of sp³-hybridized carbons (Fsp3) is 0.278. The Morgan fingerprint density at radius 2 is 1.81 bits per heavy atom. The number of ether oxygens (including phenoxy) is 1. The number of anilines is 1. The molecule has 2 aromatic carbocycles. The lowest BCUT2D eigenvalue weighted by Crippen LogP contribution is -2.30. The molecule has 1 N–H and O–H groups in total. The minimum Gasteiger partial charge on any atom is -0.481 e. The summed E-state index contributed by atoms with van der Waals surface area (Å²) in [6.45, 7) is 5.82. The average Bonchev–Trinajstić information content (AvgIpc) is 2.50. The van der Waals surface area contributed by atoms with Gasteiger partial charge in [-0.05, 0) is 49.6 Å². The van der Waals surface area contributed by atoms with Gasteiger partial charge in [-0.3, -0.25) is 4.79 Å². The van der Waals surface area contributed by atoms with Crippen molar-refractivity contribution in [2.75, 3.05) is 5.32 Å². The molecule has 0 unspecified atom stereocenters. The van der Waals surface area contributed by atoms with Crippen molar-refractivity contribution < 1.29 is 9.53 Å². The summed E-state index contributed by atoms with van der Waals surface area (Å²) in [7, 11) is 0. The van der Waals surface area contributed by atoms with Crippen LogP contribution in [0.25, 0.3) is 0 Å². The lowest BCUT2D eigenvalue weighted by Gasteiger charge is -2.16. The van der Waals surface area contributed by atoms with E-state index in [1.165, 1.54) is 5.56 Å². The van der Waals surface area contributed by atoms with Crippen molar-refractivity contribution in [3.63, 3.8) is 0 Å². The van der Waals surface area contributed by atoms with Gasteiger partial charge < -0.3 is 10.1 Å². The van der Waals surface area contributed by atoms with Gasteiger partial charge in [-0.1, -0.05) is 37.3 Å². The molecular weight excluding hydrogens is 262 g/mol. The molecule has 110 valence electrons. The van der Waals surface area contributed by atoms with Gasteiger partial charge in [0.05, 0.1) is 0 Å². The Kier molecular flexibility index (Phi) is 4.99. The predicted molar refractivity (Wildman–Crippen MR) is 85.7 cm³/mol. The number of benzene rings is 2. The summed E-state index contributed by atoms with van der Waals surface area (Å²) in [5, 5.41) is 2.87. The van der Waals surface area contributed by atoms with Gasteiger partial charge in [0.1, 0.15) is 5.75 Å². The first-order chi connectivity index (χ1) is 10.1. The van der Waals surface area contributed by atoms with Crippen molar-refractivity contribution in [2.24, 2.45) is 0 Å². The topological polar surface area (TPSA) is 38.3 Å². The number of carbonyl (C=O) groups is 1. The van der Waals surface area contributed by atoms with Crippen molar-refractivity contribution in [1.82, 2.24) is 0 Å². The third-order valence-corrected chi connectivity index (χ3v) is 3.40. The highest BCUT2D eigenvalue weighted by atomic mass is 16.5. The number of hydrogen-bond acceptors (Lipinski definition) is 2. The Labute approximate surface area is 126 Å². The molecule has 1 amide bonds. The zero-order valence-electron chi connectivity index (χ0n) is 12.7. The Morgan fingerprint density at radius 3 is 2.43 bits per heavy atom. The molecule has 0 radical (unpaired) electrons. The maximum atomic E-state index is 12.1. The number of hydrogen-bond donors (Lipinski definition) is 1. The molecule has 2 aromatic rings. The number of para-hydroxylation sites is 1. The van der Waals surface area contributed by atoms with Gasteiger partial charge in [-0.15, -0.1) is 0 Å². The van der Waals surface area contributed by atoms with Crippen LogP contribution in [-0.2, 0) is 11.2 Å². The van der Waals surface area contributed by atoms with Crippen molar-refractivity contribution in [3.05, 3.63) is 59.7 Å². The summed E-state index contributed by atoms with van der Waals surface area (Å²) in [5.41, 5.74) is 3.05. The Morgan fingerprint density at radius 1 is 1.14 bits per heavy atom. The van der Waals surface area contributed by atoms with Crippen LogP contribution >= 0.6 is 0 Å². The van der Waals surface area contributed by atoms with Gasteiger partial charge in [0.25, 0.3) is 5.91 Å². The first-order valence-electron chi connectivity index (χ1n) is 7.22. The lowest BCUT2D eigenvalue weighted by molar-refractivity contribution is -0.122. The lowest BCUT2D eigenvalue weighted by atomic mass is 10.1. The molecule has 3 heteroatoms. The van der Waals surface area contributed by atoms with E-state index in [1.54, 1.807) is 6.92 Å². The fourth-order valence-electron chi connectivity index (χ4n) is 2.00. The molecule has 1 atom stereocenters. The molecule has 0 aliphatic heterocycles. The van der Waals surface area contributed by atoms with Crippen molar-refractivity contribution in [1.29, 1.82) is 0 Å². The second kappa shape index (κ2) is 6.93. The Balaban J connectivity index is 1.97. The second-order valence-corrected chi connectivity index (χ2v) is 5.07. The van der Waals surface area contributed by atoms with Crippen LogP contribution < -0.4 is 10.1 Å². The standard InChI is InChI=1S/C18H21NO2/c1-4-15-9-11-16(12-10-15)19-18(20)14(3)21-17-8-6-5-7-13(17)2/h5-12,14H,4H2,1-3H3,(H,19,20)/t14-/m1/s1. The van der Waals surface area contributed by atoms with Gasteiger partial charge in [0.15, 0.2) is 6.10 Å². The summed E-state index contributed by atoms with van der Waals surface area (Å²) < 4.78 is 5.71. The van der Waals surface area contributed by atoms with E-state index in [-0.39, 0.29) is 5.91 Å². The van der Waals surface area contributed by atoms with Gasteiger partial charge in [0, 0.05) is 5.69 Å². The molecule has 0 heterocycles. The van der Waals surface area contributed by atoms with Gasteiger partial charge in [0.2, 0.25) is 0 Å². The molecule has 3 nitrogen and oxygen atoms in total. The predicted octanol–water partition coefficient (Wildman–Crippen LogP) is 3.96. The number of carbonyl (C=O) groups excluding carboxylic acids is 1. The maximum Gasteiger partial charge on any atom is 0.265 e. The first kappa shape index (κ1) is 15.1. The molecule has 21 heavy (non-hydrogen) atoms. The summed E-state index contributed by atoms with van der Waals surface area (Å²) in [5.74, 6) is 0.587. The summed E-state index contributed by atoms with van der Waals surface area (Å²) in [6.07, 6.45) is 0.443. The van der Waals surface area contributed by atoms with Crippen molar-refractivity contribution in [3.8, 4) is 5.75 Å². The summed E-state index contributed by atoms with van der Waals surface area (Å²) >= 11 is 0. The van der Waals surface area contributed by atoms with E-state index in [4.69, 9.17) is 4.74 Å². The number of amides is 1. The number of aryl methyl sites for hydroxylation is 2. The van der Waals surface area contributed by atoms with Crippen LogP contribution in [-0.4, -0.2) is 12.0 Å². The van der Waals surface area contributed by atoms with Crippen LogP contribution in [0.2, 0.25) is 0 Å². The molecule has 0 aliphatic carbocycles. The summed E-state index contributed by atoms with van der Waals surface area (Å²) in [4.78, 5) is 12.1. The minimum absolute atomic E-state index is 0.150. The van der Waals surface area contributed by atoms with Crippen LogP contribution in [0.5, 0.6) is 5.75 Å². The van der Waals surface area contributed by atoms with Gasteiger partial charge >= 0.3 is 0 Å². The zero-order chi connectivity index (χ0) is 15.2. The van der Waals surface area contributed by atoms with E-state index in [0.29, 0.717) is 0 Å². The van der Waals surface area contributed by atoms with E-state index < -0.39 is 6.10 Å². The van der Waals surface area contributed by atoms with Crippen molar-refractivity contribution in [2.45, 2.75) is 33.3 Å². The Hall–Kier alpha value is -2.29. The third kappa shape index (κ3) is 4.09. The molecule has 0 bridgehead atoms. The second-order valence-electron chi connectivity index (χ2n) is 5.07. The van der Waals surface area contributed by atoms with Crippen LogP contribution in [0.3, 0.4) is 0 Å². The van der Waals surface area contributed by atoms with E-state index in [0.717, 1.165) is 23.4 Å². The smallest absolute Gasteiger partial charge is 0.265 e. The normalized spacial score (nSPS) is 11.8. The molecule has 0 fully saturated rings.